The molecule has 1 aliphatic rings. The highest BCUT2D eigenvalue weighted by Crippen LogP contribution is 2.30. The lowest BCUT2D eigenvalue weighted by atomic mass is 9.86. The zero-order chi connectivity index (χ0) is 18.7. The molecule has 2 heterocycles. The number of para-hydroxylation sites is 1. The minimum Gasteiger partial charge on any atom is -0.337 e. The molecule has 1 saturated heterocycles. The first kappa shape index (κ1) is 18.4. The van der Waals surface area contributed by atoms with E-state index in [4.69, 9.17) is 0 Å². The predicted octanol–water partition coefficient (Wildman–Crippen LogP) is 4.45. The number of nitrogens with one attached hydrogen (secondary N) is 1. The van der Waals surface area contributed by atoms with Gasteiger partial charge in [0.05, 0.1) is 0 Å². The molecule has 0 atom stereocenters. The maximum absolute atomic E-state index is 12.8. The molecule has 138 valence electrons. The van der Waals surface area contributed by atoms with Crippen LogP contribution < -0.4 is 5.32 Å². The van der Waals surface area contributed by atoms with Gasteiger partial charge in [-0.25, -0.2) is 9.97 Å². The topological polar surface area (TPSA) is 58.1 Å². The van der Waals surface area contributed by atoms with Crippen LogP contribution in [0.5, 0.6) is 0 Å². The zero-order valence-corrected chi connectivity index (χ0v) is 16.2. The summed E-state index contributed by atoms with van der Waals surface area (Å²) in [5.74, 6) is 0.476. The minimum atomic E-state index is -0.000130. The predicted molar refractivity (Wildman–Crippen MR) is 105 cm³/mol. The number of aromatic nitrogens is 2. The average molecular weight is 352 g/mol. The summed E-state index contributed by atoms with van der Waals surface area (Å²) >= 11 is 0. The Morgan fingerprint density at radius 2 is 1.77 bits per heavy atom. The fraction of sp³-hybridized carbons (Fsp3) is 0.476. The average Bonchev–Trinajstić information content (AvgIpc) is 2.61. The van der Waals surface area contributed by atoms with Crippen molar-refractivity contribution in [1.82, 2.24) is 14.9 Å². The summed E-state index contributed by atoms with van der Waals surface area (Å²) in [6, 6.07) is 9.94. The van der Waals surface area contributed by atoms with Crippen molar-refractivity contribution in [2.45, 2.75) is 52.4 Å². The van der Waals surface area contributed by atoms with Crippen LogP contribution in [0.3, 0.4) is 0 Å². The van der Waals surface area contributed by atoms with Gasteiger partial charge < -0.3 is 10.2 Å². The molecule has 1 N–H and O–H groups in total. The molecule has 3 rings (SSSR count). The summed E-state index contributed by atoms with van der Waals surface area (Å²) in [5.41, 5.74) is 3.42. The van der Waals surface area contributed by atoms with Crippen LogP contribution in [0.1, 0.15) is 61.8 Å². The monoisotopic (exact) mass is 352 g/mol. The number of likely N-dealkylation sites (tertiary alicyclic amines) is 1. The molecule has 5 heteroatoms. The van der Waals surface area contributed by atoms with Crippen LogP contribution in [-0.2, 0) is 5.41 Å². The van der Waals surface area contributed by atoms with Crippen LogP contribution in [0.25, 0.3) is 0 Å². The highest BCUT2D eigenvalue weighted by atomic mass is 16.2. The number of piperidine rings is 1. The van der Waals surface area contributed by atoms with Gasteiger partial charge in [0, 0.05) is 24.5 Å². The third-order valence-corrected chi connectivity index (χ3v) is 4.70. The number of anilines is 2. The van der Waals surface area contributed by atoms with Crippen LogP contribution >= 0.6 is 0 Å². The van der Waals surface area contributed by atoms with E-state index in [9.17, 15) is 4.79 Å². The van der Waals surface area contributed by atoms with Crippen molar-refractivity contribution in [3.05, 3.63) is 47.3 Å². The molecule has 1 aromatic carbocycles. The van der Waals surface area contributed by atoms with Gasteiger partial charge in [-0.3, -0.25) is 4.79 Å². The van der Waals surface area contributed by atoms with Gasteiger partial charge in [0.15, 0.2) is 0 Å². The standard InChI is InChI=1S/C21H28N4O/c1-15-14-18(19(26)25-12-8-5-9-13-25)24-20(22-15)23-17-11-7-6-10-16(17)21(2,3)4/h6-7,10-11,14H,5,8-9,12-13H2,1-4H3,(H,22,23,24). The summed E-state index contributed by atoms with van der Waals surface area (Å²) in [7, 11) is 0. The first-order chi connectivity index (χ1) is 12.3. The highest BCUT2D eigenvalue weighted by molar-refractivity contribution is 5.92. The number of nitrogens with zero attached hydrogens (tertiary/aromatic N) is 3. The van der Waals surface area contributed by atoms with Crippen molar-refractivity contribution in [2.75, 3.05) is 18.4 Å². The molecule has 1 amide bonds. The number of hydrogen-bond donors (Lipinski definition) is 1. The Morgan fingerprint density at radius 1 is 1.08 bits per heavy atom. The number of carbonyl (C=O) groups is 1. The Labute approximate surface area is 155 Å². The Kier molecular flexibility index (Phi) is 5.25. The number of aryl methyl sites for hydroxylation is 1. The minimum absolute atomic E-state index is 0.000130. The summed E-state index contributed by atoms with van der Waals surface area (Å²) < 4.78 is 0. The van der Waals surface area contributed by atoms with E-state index in [2.05, 4.69) is 42.1 Å². The van der Waals surface area contributed by atoms with E-state index in [0.29, 0.717) is 11.6 Å². The van der Waals surface area contributed by atoms with Crippen LogP contribution in [-0.4, -0.2) is 33.9 Å². The van der Waals surface area contributed by atoms with Crippen molar-refractivity contribution in [3.63, 3.8) is 0 Å². The number of rotatable bonds is 3. The van der Waals surface area contributed by atoms with Gasteiger partial charge in [-0.05, 0) is 49.3 Å². The first-order valence-electron chi connectivity index (χ1n) is 9.36. The smallest absolute Gasteiger partial charge is 0.272 e. The lowest BCUT2D eigenvalue weighted by molar-refractivity contribution is 0.0718. The van der Waals surface area contributed by atoms with Crippen LogP contribution in [0.2, 0.25) is 0 Å². The first-order valence-corrected chi connectivity index (χ1v) is 9.36. The lowest BCUT2D eigenvalue weighted by Crippen LogP contribution is -2.36. The number of amides is 1. The SMILES string of the molecule is Cc1cc(C(=O)N2CCCCC2)nc(Nc2ccccc2C(C)(C)C)n1. The molecule has 0 spiro atoms. The van der Waals surface area contributed by atoms with Gasteiger partial charge >= 0.3 is 0 Å². The maximum atomic E-state index is 12.8. The van der Waals surface area contributed by atoms with Crippen LogP contribution in [0.15, 0.2) is 30.3 Å². The Balaban J connectivity index is 1.88. The molecule has 0 aliphatic carbocycles. The molecule has 1 aromatic heterocycles. The van der Waals surface area contributed by atoms with E-state index < -0.39 is 0 Å². The second kappa shape index (κ2) is 7.44. The molecule has 1 fully saturated rings. The van der Waals surface area contributed by atoms with Crippen molar-refractivity contribution in [1.29, 1.82) is 0 Å². The summed E-state index contributed by atoms with van der Waals surface area (Å²) in [4.78, 5) is 23.7. The Morgan fingerprint density at radius 3 is 2.46 bits per heavy atom. The fourth-order valence-electron chi connectivity index (χ4n) is 3.36. The molecular formula is C21H28N4O. The molecular weight excluding hydrogens is 324 g/mol. The number of benzene rings is 1. The number of carbonyl (C=O) groups excluding carboxylic acids is 1. The van der Waals surface area contributed by atoms with E-state index in [-0.39, 0.29) is 11.3 Å². The third kappa shape index (κ3) is 4.21. The molecule has 2 aromatic rings. The van der Waals surface area contributed by atoms with Gasteiger partial charge in [-0.2, -0.15) is 0 Å². The number of hydrogen-bond acceptors (Lipinski definition) is 4. The molecule has 0 bridgehead atoms. The van der Waals surface area contributed by atoms with Crippen molar-refractivity contribution < 1.29 is 4.79 Å². The van der Waals surface area contributed by atoms with Gasteiger partial charge in [-0.1, -0.05) is 39.0 Å². The van der Waals surface area contributed by atoms with Crippen molar-refractivity contribution >= 4 is 17.5 Å². The van der Waals surface area contributed by atoms with Gasteiger partial charge in [-0.15, -0.1) is 0 Å². The van der Waals surface area contributed by atoms with E-state index in [0.717, 1.165) is 37.3 Å². The second-order valence-electron chi connectivity index (χ2n) is 7.99. The quantitative estimate of drug-likeness (QED) is 0.886. The van der Waals surface area contributed by atoms with Gasteiger partial charge in [0.1, 0.15) is 5.69 Å². The van der Waals surface area contributed by atoms with Gasteiger partial charge in [0.25, 0.3) is 5.91 Å². The Bertz CT molecular complexity index is 789. The largest absolute Gasteiger partial charge is 0.337 e. The molecule has 0 saturated carbocycles. The van der Waals surface area contributed by atoms with Crippen LogP contribution in [0.4, 0.5) is 11.6 Å². The molecule has 5 nitrogen and oxygen atoms in total. The summed E-state index contributed by atoms with van der Waals surface area (Å²) in [5, 5.41) is 3.33. The highest BCUT2D eigenvalue weighted by Gasteiger charge is 2.21. The third-order valence-electron chi connectivity index (χ3n) is 4.70. The van der Waals surface area contributed by atoms with Crippen LogP contribution in [0, 0.1) is 6.92 Å². The second-order valence-corrected chi connectivity index (χ2v) is 7.99. The normalized spacial score (nSPS) is 15.0. The molecule has 0 radical (unpaired) electrons. The van der Waals surface area contributed by atoms with Crippen molar-refractivity contribution in [3.8, 4) is 0 Å². The molecule has 0 unspecified atom stereocenters. The molecule has 1 aliphatic heterocycles. The zero-order valence-electron chi connectivity index (χ0n) is 16.2. The summed E-state index contributed by atoms with van der Waals surface area (Å²) in [6.45, 7) is 10.1. The summed E-state index contributed by atoms with van der Waals surface area (Å²) in [6.07, 6.45) is 3.34. The van der Waals surface area contributed by atoms with E-state index in [1.165, 1.54) is 12.0 Å². The lowest BCUT2D eigenvalue weighted by Gasteiger charge is -2.26. The van der Waals surface area contributed by atoms with E-state index in [1.807, 2.05) is 30.0 Å². The van der Waals surface area contributed by atoms with Crippen molar-refractivity contribution in [2.24, 2.45) is 0 Å². The fourth-order valence-corrected chi connectivity index (χ4v) is 3.36. The maximum Gasteiger partial charge on any atom is 0.272 e. The van der Waals surface area contributed by atoms with E-state index in [1.54, 1.807) is 6.07 Å². The van der Waals surface area contributed by atoms with E-state index >= 15 is 0 Å². The van der Waals surface area contributed by atoms with Gasteiger partial charge in [0.2, 0.25) is 5.95 Å². The molecule has 26 heavy (non-hydrogen) atoms. The Hall–Kier alpha value is -2.43.